The minimum absolute atomic E-state index is 0.289. The minimum atomic E-state index is -1.43. The molecule has 0 saturated carbocycles. The number of hydrogen-bond donors (Lipinski definition) is 3. The fourth-order valence-electron chi connectivity index (χ4n) is 4.04. The molecular formula is C21H17N3O3S. The van der Waals surface area contributed by atoms with Crippen LogP contribution in [0.1, 0.15) is 11.1 Å². The van der Waals surface area contributed by atoms with Crippen molar-refractivity contribution in [3.8, 4) is 0 Å². The molecule has 1 saturated heterocycles. The molecule has 1 heterocycles. The molecule has 140 valence electrons. The summed E-state index contributed by atoms with van der Waals surface area (Å²) in [6.07, 6.45) is 0.892. The van der Waals surface area contributed by atoms with Gasteiger partial charge in [-0.05, 0) is 40.1 Å². The zero-order valence-electron chi connectivity index (χ0n) is 14.8. The lowest BCUT2D eigenvalue weighted by molar-refractivity contribution is -0.123. The van der Waals surface area contributed by atoms with Crippen molar-refractivity contribution in [3.63, 3.8) is 0 Å². The van der Waals surface area contributed by atoms with Crippen LogP contribution < -0.4 is 15.4 Å². The molecule has 28 heavy (non-hydrogen) atoms. The topological polar surface area (TPSA) is 87.3 Å². The van der Waals surface area contributed by atoms with E-state index < -0.39 is 22.6 Å². The Hall–Kier alpha value is -3.19. The monoisotopic (exact) mass is 391 g/mol. The van der Waals surface area contributed by atoms with E-state index in [0.29, 0.717) is 18.5 Å². The van der Waals surface area contributed by atoms with Crippen LogP contribution in [0.2, 0.25) is 0 Å². The zero-order valence-corrected chi connectivity index (χ0v) is 15.6. The standard InChI is InChI=1S/C21H17N3O3S/c25-19-21(23-20(26)22-19)11-14-8-9-16(10-15(14)12-21)24-28(27)18-7-3-5-13-4-1-2-6-17(13)18/h1-10,24H,11-12H2,(H2,22,23,25,26). The number of imide groups is 1. The molecule has 5 rings (SSSR count). The molecule has 2 atom stereocenters. The third-order valence-corrected chi connectivity index (χ3v) is 6.54. The number of amides is 3. The van der Waals surface area contributed by atoms with Crippen LogP contribution >= 0.6 is 0 Å². The molecule has 3 N–H and O–H groups in total. The number of carbonyl (C=O) groups is 2. The largest absolute Gasteiger partial charge is 0.323 e. The first-order chi connectivity index (χ1) is 13.5. The van der Waals surface area contributed by atoms with Crippen LogP contribution in [0, 0.1) is 0 Å². The second-order valence-electron chi connectivity index (χ2n) is 7.18. The van der Waals surface area contributed by atoms with Crippen LogP contribution in [0.3, 0.4) is 0 Å². The van der Waals surface area contributed by atoms with Gasteiger partial charge in [0, 0.05) is 18.5 Å². The van der Waals surface area contributed by atoms with Crippen LogP contribution in [0.15, 0.2) is 65.6 Å². The molecule has 1 aliphatic carbocycles. The quantitative estimate of drug-likeness (QED) is 0.600. The first-order valence-electron chi connectivity index (χ1n) is 8.96. The van der Waals surface area contributed by atoms with Gasteiger partial charge in [-0.25, -0.2) is 9.00 Å². The maximum absolute atomic E-state index is 13.0. The van der Waals surface area contributed by atoms with Crippen LogP contribution in [-0.4, -0.2) is 21.7 Å². The maximum Gasteiger partial charge on any atom is 0.322 e. The summed E-state index contributed by atoms with van der Waals surface area (Å²) in [6.45, 7) is 0. The van der Waals surface area contributed by atoms with Crippen LogP contribution in [0.4, 0.5) is 10.5 Å². The summed E-state index contributed by atoms with van der Waals surface area (Å²) in [7, 11) is -1.43. The van der Waals surface area contributed by atoms with Crippen molar-refractivity contribution < 1.29 is 13.8 Å². The molecule has 1 aliphatic heterocycles. The highest BCUT2D eigenvalue weighted by Crippen LogP contribution is 2.34. The summed E-state index contributed by atoms with van der Waals surface area (Å²) >= 11 is 0. The van der Waals surface area contributed by atoms with Gasteiger partial charge in [-0.2, -0.15) is 0 Å². The van der Waals surface area contributed by atoms with Gasteiger partial charge in [0.25, 0.3) is 5.91 Å². The zero-order chi connectivity index (χ0) is 19.3. The Labute approximate surface area is 163 Å². The molecule has 3 aromatic carbocycles. The Morgan fingerprint density at radius 3 is 2.54 bits per heavy atom. The predicted octanol–water partition coefficient (Wildman–Crippen LogP) is 2.65. The van der Waals surface area contributed by atoms with E-state index in [4.69, 9.17) is 0 Å². The Bertz CT molecular complexity index is 1170. The lowest BCUT2D eigenvalue weighted by Gasteiger charge is -2.18. The molecule has 7 heteroatoms. The van der Waals surface area contributed by atoms with Gasteiger partial charge in [-0.3, -0.25) is 10.1 Å². The van der Waals surface area contributed by atoms with Crippen molar-refractivity contribution in [2.24, 2.45) is 0 Å². The summed E-state index contributed by atoms with van der Waals surface area (Å²) in [4.78, 5) is 24.5. The number of urea groups is 1. The summed E-state index contributed by atoms with van der Waals surface area (Å²) in [6, 6.07) is 18.8. The normalized spacial score (nSPS) is 21.4. The van der Waals surface area contributed by atoms with E-state index in [2.05, 4.69) is 15.4 Å². The van der Waals surface area contributed by atoms with E-state index in [1.165, 1.54) is 0 Å². The highest BCUT2D eigenvalue weighted by atomic mass is 32.2. The molecular weight excluding hydrogens is 374 g/mol. The van der Waals surface area contributed by atoms with Gasteiger partial charge < -0.3 is 10.0 Å². The van der Waals surface area contributed by atoms with Crippen molar-refractivity contribution in [2.45, 2.75) is 23.3 Å². The molecule has 6 nitrogen and oxygen atoms in total. The summed E-state index contributed by atoms with van der Waals surface area (Å²) < 4.78 is 16.0. The second kappa shape index (κ2) is 6.17. The number of rotatable bonds is 3. The van der Waals surface area contributed by atoms with Gasteiger partial charge in [0.2, 0.25) is 0 Å². The maximum atomic E-state index is 13.0. The SMILES string of the molecule is O=C1NC(=O)C2(Cc3ccc(NS(=O)c4cccc5ccccc45)cc3C2)N1. The molecule has 2 unspecified atom stereocenters. The van der Waals surface area contributed by atoms with Crippen molar-refractivity contribution in [2.75, 3.05) is 4.72 Å². The van der Waals surface area contributed by atoms with Gasteiger partial charge >= 0.3 is 6.03 Å². The fourth-order valence-corrected chi connectivity index (χ4v) is 5.07. The molecule has 1 fully saturated rings. The first kappa shape index (κ1) is 16.9. The van der Waals surface area contributed by atoms with Crippen LogP contribution in [0.5, 0.6) is 0 Å². The Kier molecular flexibility index (Phi) is 3.73. The van der Waals surface area contributed by atoms with Gasteiger partial charge in [0.05, 0.1) is 4.90 Å². The summed E-state index contributed by atoms with van der Waals surface area (Å²) in [5.41, 5.74) is 1.80. The number of fused-ring (bicyclic) bond motifs is 2. The van der Waals surface area contributed by atoms with E-state index in [-0.39, 0.29) is 5.91 Å². The molecule has 0 bridgehead atoms. The van der Waals surface area contributed by atoms with E-state index in [9.17, 15) is 13.8 Å². The van der Waals surface area contributed by atoms with Crippen molar-refractivity contribution in [1.29, 1.82) is 0 Å². The van der Waals surface area contributed by atoms with Gasteiger partial charge in [-0.1, -0.05) is 42.5 Å². The lowest BCUT2D eigenvalue weighted by atomic mass is 9.96. The van der Waals surface area contributed by atoms with Gasteiger partial charge in [0.15, 0.2) is 11.0 Å². The molecule has 0 radical (unpaired) electrons. The first-order valence-corrected chi connectivity index (χ1v) is 10.1. The average molecular weight is 391 g/mol. The highest BCUT2D eigenvalue weighted by Gasteiger charge is 2.49. The number of nitrogens with one attached hydrogen (secondary N) is 3. The lowest BCUT2D eigenvalue weighted by Crippen LogP contribution is -2.47. The molecule has 0 aromatic heterocycles. The number of carbonyl (C=O) groups excluding carboxylic acids is 2. The number of benzene rings is 3. The third-order valence-electron chi connectivity index (χ3n) is 5.37. The predicted molar refractivity (Wildman–Crippen MR) is 107 cm³/mol. The molecule has 3 aromatic rings. The average Bonchev–Trinajstić information content (AvgIpc) is 3.18. The highest BCUT2D eigenvalue weighted by molar-refractivity contribution is 7.86. The molecule has 2 aliphatic rings. The fraction of sp³-hybridized carbons (Fsp3) is 0.143. The van der Waals surface area contributed by atoms with Crippen molar-refractivity contribution in [1.82, 2.24) is 10.6 Å². The van der Waals surface area contributed by atoms with Crippen LogP contribution in [0.25, 0.3) is 10.8 Å². The van der Waals surface area contributed by atoms with Crippen molar-refractivity contribution in [3.05, 3.63) is 71.8 Å². The second-order valence-corrected chi connectivity index (χ2v) is 8.36. The summed E-state index contributed by atoms with van der Waals surface area (Å²) in [5, 5.41) is 7.05. The number of anilines is 1. The van der Waals surface area contributed by atoms with E-state index in [1.54, 1.807) is 0 Å². The van der Waals surface area contributed by atoms with Gasteiger partial charge in [0.1, 0.15) is 5.54 Å². The van der Waals surface area contributed by atoms with Crippen molar-refractivity contribution >= 4 is 39.4 Å². The van der Waals surface area contributed by atoms with Crippen LogP contribution in [-0.2, 0) is 28.6 Å². The summed E-state index contributed by atoms with van der Waals surface area (Å²) in [5.74, 6) is -0.289. The number of hydrogen-bond acceptors (Lipinski definition) is 3. The Balaban J connectivity index is 1.42. The third kappa shape index (κ3) is 2.66. The minimum Gasteiger partial charge on any atom is -0.323 e. The van der Waals surface area contributed by atoms with E-state index in [1.807, 2.05) is 60.7 Å². The Morgan fingerprint density at radius 2 is 1.71 bits per heavy atom. The smallest absolute Gasteiger partial charge is 0.322 e. The van der Waals surface area contributed by atoms with E-state index >= 15 is 0 Å². The molecule has 3 amide bonds. The Morgan fingerprint density at radius 1 is 0.929 bits per heavy atom. The molecule has 1 spiro atoms. The van der Waals surface area contributed by atoms with Gasteiger partial charge in [-0.15, -0.1) is 0 Å². The van der Waals surface area contributed by atoms with E-state index in [0.717, 1.165) is 26.8 Å².